The molecule has 132 valence electrons. The maximum absolute atomic E-state index is 12.5. The van der Waals surface area contributed by atoms with Gasteiger partial charge in [-0.2, -0.15) is 10.4 Å². The van der Waals surface area contributed by atoms with Crippen molar-refractivity contribution >= 4 is 0 Å². The van der Waals surface area contributed by atoms with Crippen LogP contribution < -0.4 is 10.4 Å². The van der Waals surface area contributed by atoms with Gasteiger partial charge in [0.25, 0.3) is 0 Å². The maximum atomic E-state index is 12.5. The summed E-state index contributed by atoms with van der Waals surface area (Å²) in [6.45, 7) is 5.96. The van der Waals surface area contributed by atoms with Gasteiger partial charge in [-0.25, -0.2) is 9.48 Å². The molecule has 1 fully saturated rings. The summed E-state index contributed by atoms with van der Waals surface area (Å²) in [5, 5.41) is 13.4. The Balaban J connectivity index is 1.71. The van der Waals surface area contributed by atoms with Crippen LogP contribution in [-0.4, -0.2) is 27.6 Å². The molecular formula is C18H22N4O3. The van der Waals surface area contributed by atoms with Gasteiger partial charge in [-0.05, 0) is 37.5 Å². The second kappa shape index (κ2) is 7.53. The number of rotatable bonds is 6. The number of nitriles is 1. The van der Waals surface area contributed by atoms with E-state index in [9.17, 15) is 4.79 Å². The predicted molar refractivity (Wildman–Crippen MR) is 91.3 cm³/mol. The van der Waals surface area contributed by atoms with E-state index in [1.165, 1.54) is 4.68 Å². The summed E-state index contributed by atoms with van der Waals surface area (Å²) < 4.78 is 14.5. The topological polar surface area (TPSA) is 82.1 Å². The molecule has 0 aliphatic carbocycles. The fourth-order valence-corrected chi connectivity index (χ4v) is 3.04. The summed E-state index contributed by atoms with van der Waals surface area (Å²) in [5.74, 6) is 1.66. The van der Waals surface area contributed by atoms with Gasteiger partial charge in [-0.3, -0.25) is 4.57 Å². The maximum Gasteiger partial charge on any atom is 0.346 e. The van der Waals surface area contributed by atoms with Gasteiger partial charge >= 0.3 is 5.69 Å². The molecular weight excluding hydrogens is 320 g/mol. The highest BCUT2D eigenvalue weighted by molar-refractivity contribution is 5.36. The third-order valence-electron chi connectivity index (χ3n) is 4.44. The molecule has 3 rings (SSSR count). The van der Waals surface area contributed by atoms with Crippen LogP contribution in [0, 0.1) is 17.2 Å². The number of benzene rings is 1. The van der Waals surface area contributed by atoms with Crippen molar-refractivity contribution in [1.29, 1.82) is 5.26 Å². The molecule has 2 atom stereocenters. The third-order valence-corrected chi connectivity index (χ3v) is 4.44. The monoisotopic (exact) mass is 342 g/mol. The van der Waals surface area contributed by atoms with Crippen LogP contribution in [0.25, 0.3) is 0 Å². The van der Waals surface area contributed by atoms with Crippen molar-refractivity contribution in [2.45, 2.75) is 39.5 Å². The SMILES string of the molecule is CCn1c([C@H]2OCC[C@H]2C)nn(CCOc2cccc(C#N)c2)c1=O. The van der Waals surface area contributed by atoms with Gasteiger partial charge in [0.15, 0.2) is 5.82 Å². The summed E-state index contributed by atoms with van der Waals surface area (Å²) in [7, 11) is 0. The van der Waals surface area contributed by atoms with Crippen molar-refractivity contribution in [3.05, 3.63) is 46.1 Å². The highest BCUT2D eigenvalue weighted by Crippen LogP contribution is 2.32. The molecule has 0 radical (unpaired) electrons. The van der Waals surface area contributed by atoms with E-state index in [-0.39, 0.29) is 11.8 Å². The Morgan fingerprint density at radius 3 is 3.00 bits per heavy atom. The minimum atomic E-state index is -0.144. The molecule has 7 nitrogen and oxygen atoms in total. The fraction of sp³-hybridized carbons (Fsp3) is 0.500. The minimum Gasteiger partial charge on any atom is -0.492 e. The molecule has 0 amide bonds. The molecule has 1 aromatic carbocycles. The Morgan fingerprint density at radius 1 is 1.48 bits per heavy atom. The zero-order valence-electron chi connectivity index (χ0n) is 14.5. The molecule has 0 saturated carbocycles. The number of aromatic nitrogens is 3. The lowest BCUT2D eigenvalue weighted by molar-refractivity contribution is 0.0835. The molecule has 1 aromatic heterocycles. The van der Waals surface area contributed by atoms with Crippen LogP contribution in [0.2, 0.25) is 0 Å². The molecule has 0 N–H and O–H groups in total. The Bertz CT molecular complexity index is 834. The number of ether oxygens (including phenoxy) is 2. The van der Waals surface area contributed by atoms with Crippen LogP contribution in [0.3, 0.4) is 0 Å². The average Bonchev–Trinajstić information content (AvgIpc) is 3.18. The summed E-state index contributed by atoms with van der Waals surface area (Å²) in [6.07, 6.45) is 0.857. The van der Waals surface area contributed by atoms with E-state index in [2.05, 4.69) is 18.1 Å². The van der Waals surface area contributed by atoms with Gasteiger partial charge in [0.2, 0.25) is 0 Å². The Hall–Kier alpha value is -2.59. The van der Waals surface area contributed by atoms with E-state index in [1.54, 1.807) is 28.8 Å². The zero-order chi connectivity index (χ0) is 17.8. The molecule has 7 heteroatoms. The van der Waals surface area contributed by atoms with Crippen LogP contribution in [0.4, 0.5) is 0 Å². The lowest BCUT2D eigenvalue weighted by Crippen LogP contribution is -2.27. The van der Waals surface area contributed by atoms with Crippen LogP contribution in [-0.2, 0) is 17.8 Å². The van der Waals surface area contributed by atoms with E-state index >= 15 is 0 Å². The molecule has 0 unspecified atom stereocenters. The minimum absolute atomic E-state index is 0.123. The lowest BCUT2D eigenvalue weighted by Gasteiger charge is -2.13. The first-order valence-electron chi connectivity index (χ1n) is 8.56. The van der Waals surface area contributed by atoms with Gasteiger partial charge in [-0.15, -0.1) is 0 Å². The van der Waals surface area contributed by atoms with Crippen LogP contribution in [0.5, 0.6) is 5.75 Å². The van der Waals surface area contributed by atoms with Gasteiger partial charge in [0.05, 0.1) is 18.2 Å². The van der Waals surface area contributed by atoms with E-state index < -0.39 is 0 Å². The third kappa shape index (κ3) is 3.59. The average molecular weight is 342 g/mol. The van der Waals surface area contributed by atoms with Gasteiger partial charge in [0.1, 0.15) is 18.5 Å². The van der Waals surface area contributed by atoms with Gasteiger partial charge in [-0.1, -0.05) is 13.0 Å². The number of hydrogen-bond acceptors (Lipinski definition) is 5. The highest BCUT2D eigenvalue weighted by Gasteiger charge is 2.31. The van der Waals surface area contributed by atoms with E-state index in [0.29, 0.717) is 49.4 Å². The number of nitrogens with zero attached hydrogens (tertiary/aromatic N) is 4. The van der Waals surface area contributed by atoms with Crippen molar-refractivity contribution in [1.82, 2.24) is 14.3 Å². The van der Waals surface area contributed by atoms with Crippen LogP contribution >= 0.6 is 0 Å². The van der Waals surface area contributed by atoms with Crippen molar-refractivity contribution < 1.29 is 9.47 Å². The Kier molecular flexibility index (Phi) is 5.19. The fourth-order valence-electron chi connectivity index (χ4n) is 3.04. The molecule has 1 saturated heterocycles. The molecule has 1 aliphatic rings. The van der Waals surface area contributed by atoms with Crippen molar-refractivity contribution in [2.24, 2.45) is 5.92 Å². The quantitative estimate of drug-likeness (QED) is 0.803. The lowest BCUT2D eigenvalue weighted by atomic mass is 10.0. The van der Waals surface area contributed by atoms with Crippen molar-refractivity contribution in [3.63, 3.8) is 0 Å². The van der Waals surface area contributed by atoms with E-state index in [4.69, 9.17) is 14.7 Å². The standard InChI is InChI=1S/C18H22N4O3/c1-3-21-17(16-13(2)7-9-25-16)20-22(18(21)23)8-10-24-15-6-4-5-14(11-15)12-19/h4-6,11,13,16H,3,7-10H2,1-2H3/t13-,16+/m1/s1. The second-order valence-electron chi connectivity index (χ2n) is 6.15. The highest BCUT2D eigenvalue weighted by atomic mass is 16.5. The first-order valence-corrected chi connectivity index (χ1v) is 8.56. The zero-order valence-corrected chi connectivity index (χ0v) is 14.5. The molecule has 25 heavy (non-hydrogen) atoms. The van der Waals surface area contributed by atoms with Gasteiger partial charge < -0.3 is 9.47 Å². The largest absolute Gasteiger partial charge is 0.492 e. The summed E-state index contributed by atoms with van der Waals surface area (Å²) >= 11 is 0. The smallest absolute Gasteiger partial charge is 0.346 e. The molecule has 0 bridgehead atoms. The normalized spacial score (nSPS) is 19.7. The number of hydrogen-bond donors (Lipinski definition) is 0. The molecule has 1 aliphatic heterocycles. The molecule has 2 aromatic rings. The van der Waals surface area contributed by atoms with E-state index in [0.717, 1.165) is 6.42 Å². The summed E-state index contributed by atoms with van der Waals surface area (Å²) in [4.78, 5) is 12.5. The Labute approximate surface area is 146 Å². The van der Waals surface area contributed by atoms with Crippen LogP contribution in [0.15, 0.2) is 29.1 Å². The first kappa shape index (κ1) is 17.2. The summed E-state index contributed by atoms with van der Waals surface area (Å²) in [6, 6.07) is 9.02. The first-order chi connectivity index (χ1) is 12.1. The van der Waals surface area contributed by atoms with Crippen molar-refractivity contribution in [2.75, 3.05) is 13.2 Å². The van der Waals surface area contributed by atoms with Crippen LogP contribution in [0.1, 0.15) is 37.8 Å². The molecule has 2 heterocycles. The predicted octanol–water partition coefficient (Wildman–Crippen LogP) is 2.11. The summed E-state index contributed by atoms with van der Waals surface area (Å²) in [5.41, 5.74) is 0.397. The Morgan fingerprint density at radius 2 is 2.32 bits per heavy atom. The van der Waals surface area contributed by atoms with Gasteiger partial charge in [0, 0.05) is 13.2 Å². The van der Waals surface area contributed by atoms with Crippen molar-refractivity contribution in [3.8, 4) is 11.8 Å². The van der Waals surface area contributed by atoms with E-state index in [1.807, 2.05) is 6.92 Å². The molecule has 0 spiro atoms. The second-order valence-corrected chi connectivity index (χ2v) is 6.15.